The van der Waals surface area contributed by atoms with Gasteiger partial charge in [0.15, 0.2) is 0 Å². The molecule has 1 aromatic heterocycles. The molecule has 1 aromatic rings. The maximum Gasteiger partial charge on any atom is 0.407 e. The van der Waals surface area contributed by atoms with Gasteiger partial charge < -0.3 is 19.8 Å². The van der Waals surface area contributed by atoms with Crippen molar-refractivity contribution < 1.29 is 19.7 Å². The van der Waals surface area contributed by atoms with Crippen LogP contribution in [0.25, 0.3) is 0 Å². The summed E-state index contributed by atoms with van der Waals surface area (Å²) < 4.78 is 7.49. The summed E-state index contributed by atoms with van der Waals surface area (Å²) in [4.78, 5) is 12.3. The van der Waals surface area contributed by atoms with Crippen molar-refractivity contribution >= 4 is 6.09 Å². The van der Waals surface area contributed by atoms with E-state index in [1.807, 2.05) is 6.20 Å². The monoisotopic (exact) mass is 309 g/mol. The van der Waals surface area contributed by atoms with Crippen LogP contribution in [-0.4, -0.2) is 50.7 Å². The maximum atomic E-state index is 10.9. The van der Waals surface area contributed by atoms with Crippen molar-refractivity contribution in [1.82, 2.24) is 14.7 Å². The number of aliphatic hydroxyl groups is 1. The number of nitrogens with zero attached hydrogens (tertiary/aromatic N) is 3. The third-order valence-electron chi connectivity index (χ3n) is 4.67. The van der Waals surface area contributed by atoms with Gasteiger partial charge in [0.2, 0.25) is 0 Å². The molecule has 2 saturated heterocycles. The Labute approximate surface area is 129 Å². The largest absolute Gasteiger partial charge is 0.465 e. The predicted octanol–water partition coefficient (Wildman–Crippen LogP) is 2.01. The van der Waals surface area contributed by atoms with E-state index >= 15 is 0 Å². The van der Waals surface area contributed by atoms with Gasteiger partial charge in [0.05, 0.1) is 12.3 Å². The van der Waals surface area contributed by atoms with Crippen molar-refractivity contribution in [1.29, 1.82) is 0 Å². The molecular weight excluding hydrogens is 286 g/mol. The molecule has 3 heterocycles. The molecule has 2 N–H and O–H groups in total. The predicted molar refractivity (Wildman–Crippen MR) is 78.3 cm³/mol. The van der Waals surface area contributed by atoms with Crippen LogP contribution >= 0.6 is 0 Å². The summed E-state index contributed by atoms with van der Waals surface area (Å²) in [5.74, 6) is 0.0838. The molecule has 0 spiro atoms. The summed E-state index contributed by atoms with van der Waals surface area (Å²) in [5, 5.41) is 23.8. The minimum absolute atomic E-state index is 0.0245. The number of amides is 1. The first-order chi connectivity index (χ1) is 10.6. The maximum absolute atomic E-state index is 10.9. The Balaban J connectivity index is 1.59. The molecule has 2 fully saturated rings. The highest BCUT2D eigenvalue weighted by atomic mass is 16.5. The van der Waals surface area contributed by atoms with Crippen LogP contribution in [-0.2, 0) is 4.74 Å². The standard InChI is InChI=1S/C15H23N3O4/c19-14(11-4-6-17(7-5-11)15(20)21)12-9-16-18(10-12)13-3-1-2-8-22-13/h9-11,13-14,19H,1-8H2,(H,20,21). The Morgan fingerprint density at radius 1 is 1.32 bits per heavy atom. The summed E-state index contributed by atoms with van der Waals surface area (Å²) in [6.07, 6.45) is 6.61. The Bertz CT molecular complexity index is 505. The average molecular weight is 309 g/mol. The van der Waals surface area contributed by atoms with Gasteiger partial charge in [0, 0.05) is 31.5 Å². The molecular formula is C15H23N3O4. The minimum Gasteiger partial charge on any atom is -0.465 e. The van der Waals surface area contributed by atoms with E-state index in [9.17, 15) is 9.90 Å². The molecule has 7 nitrogen and oxygen atoms in total. The molecule has 2 aliphatic heterocycles. The molecule has 22 heavy (non-hydrogen) atoms. The third-order valence-corrected chi connectivity index (χ3v) is 4.67. The first kappa shape index (κ1) is 15.3. The highest BCUT2D eigenvalue weighted by Gasteiger charge is 2.29. The molecule has 7 heteroatoms. The number of rotatable bonds is 3. The number of likely N-dealkylation sites (tertiary alicyclic amines) is 1. The van der Waals surface area contributed by atoms with Gasteiger partial charge in [-0.15, -0.1) is 0 Å². The molecule has 0 aliphatic carbocycles. The molecule has 2 atom stereocenters. The van der Waals surface area contributed by atoms with Crippen LogP contribution in [0.3, 0.4) is 0 Å². The number of hydrogen-bond donors (Lipinski definition) is 2. The van der Waals surface area contributed by atoms with E-state index in [0.29, 0.717) is 25.9 Å². The van der Waals surface area contributed by atoms with E-state index < -0.39 is 12.2 Å². The van der Waals surface area contributed by atoms with Crippen molar-refractivity contribution in [3.05, 3.63) is 18.0 Å². The van der Waals surface area contributed by atoms with E-state index in [4.69, 9.17) is 9.84 Å². The Morgan fingerprint density at radius 3 is 2.73 bits per heavy atom. The van der Waals surface area contributed by atoms with Gasteiger partial charge >= 0.3 is 6.09 Å². The third kappa shape index (κ3) is 3.25. The fourth-order valence-electron chi connectivity index (χ4n) is 3.27. The van der Waals surface area contributed by atoms with Gasteiger partial charge in [-0.3, -0.25) is 0 Å². The van der Waals surface area contributed by atoms with Crippen LogP contribution in [0.5, 0.6) is 0 Å². The number of hydrogen-bond acceptors (Lipinski definition) is 4. The van der Waals surface area contributed by atoms with Crippen LogP contribution in [0.15, 0.2) is 12.4 Å². The van der Waals surface area contributed by atoms with Gasteiger partial charge in [-0.05, 0) is 38.0 Å². The summed E-state index contributed by atoms with van der Waals surface area (Å²) >= 11 is 0. The topological polar surface area (TPSA) is 87.8 Å². The van der Waals surface area contributed by atoms with Crippen molar-refractivity contribution in [2.75, 3.05) is 19.7 Å². The molecule has 0 radical (unpaired) electrons. The van der Waals surface area contributed by atoms with Crippen molar-refractivity contribution in [2.24, 2.45) is 5.92 Å². The fourth-order valence-corrected chi connectivity index (χ4v) is 3.27. The van der Waals surface area contributed by atoms with Crippen molar-refractivity contribution in [3.8, 4) is 0 Å². The number of ether oxygens (including phenoxy) is 1. The fraction of sp³-hybridized carbons (Fsp3) is 0.733. The normalized spacial score (nSPS) is 25.1. The lowest BCUT2D eigenvalue weighted by Gasteiger charge is -2.32. The first-order valence-electron chi connectivity index (χ1n) is 7.97. The Morgan fingerprint density at radius 2 is 2.09 bits per heavy atom. The summed E-state index contributed by atoms with van der Waals surface area (Å²) in [6, 6.07) is 0. The molecule has 0 saturated carbocycles. The van der Waals surface area contributed by atoms with E-state index in [0.717, 1.165) is 31.4 Å². The summed E-state index contributed by atoms with van der Waals surface area (Å²) in [5.41, 5.74) is 0.794. The second-order valence-electron chi connectivity index (χ2n) is 6.13. The summed E-state index contributed by atoms with van der Waals surface area (Å²) in [7, 11) is 0. The van der Waals surface area contributed by atoms with E-state index in [-0.39, 0.29) is 12.1 Å². The first-order valence-corrected chi connectivity index (χ1v) is 7.97. The van der Waals surface area contributed by atoms with Gasteiger partial charge in [-0.1, -0.05) is 0 Å². The lowest BCUT2D eigenvalue weighted by molar-refractivity contribution is -0.0397. The zero-order chi connectivity index (χ0) is 15.5. The lowest BCUT2D eigenvalue weighted by atomic mass is 9.89. The highest BCUT2D eigenvalue weighted by Crippen LogP contribution is 2.31. The zero-order valence-electron chi connectivity index (χ0n) is 12.6. The van der Waals surface area contributed by atoms with Gasteiger partial charge in [0.1, 0.15) is 6.23 Å². The van der Waals surface area contributed by atoms with Crippen molar-refractivity contribution in [3.63, 3.8) is 0 Å². The van der Waals surface area contributed by atoms with Crippen LogP contribution in [0.1, 0.15) is 50.0 Å². The second-order valence-corrected chi connectivity index (χ2v) is 6.13. The molecule has 3 rings (SSSR count). The minimum atomic E-state index is -0.879. The smallest absolute Gasteiger partial charge is 0.407 e. The highest BCUT2D eigenvalue weighted by molar-refractivity contribution is 5.64. The van der Waals surface area contributed by atoms with E-state index in [1.165, 1.54) is 4.90 Å². The van der Waals surface area contributed by atoms with Gasteiger partial charge in [-0.25, -0.2) is 9.48 Å². The number of carbonyl (C=O) groups is 1. The SMILES string of the molecule is O=C(O)N1CCC(C(O)c2cnn(C3CCCCO3)c2)CC1. The Hall–Kier alpha value is -1.60. The molecule has 2 aliphatic rings. The number of aromatic nitrogens is 2. The quantitative estimate of drug-likeness (QED) is 0.891. The second kappa shape index (κ2) is 6.66. The van der Waals surface area contributed by atoms with E-state index in [1.54, 1.807) is 10.9 Å². The van der Waals surface area contributed by atoms with Crippen LogP contribution in [0, 0.1) is 5.92 Å². The zero-order valence-corrected chi connectivity index (χ0v) is 12.6. The van der Waals surface area contributed by atoms with E-state index in [2.05, 4.69) is 5.10 Å². The number of carboxylic acid groups (broad SMARTS) is 1. The molecule has 1 amide bonds. The Kier molecular flexibility index (Phi) is 4.63. The van der Waals surface area contributed by atoms with Crippen LogP contribution in [0.2, 0.25) is 0 Å². The number of piperidine rings is 1. The molecule has 0 aromatic carbocycles. The van der Waals surface area contributed by atoms with Crippen LogP contribution < -0.4 is 0 Å². The van der Waals surface area contributed by atoms with Gasteiger partial charge in [-0.2, -0.15) is 5.10 Å². The lowest BCUT2D eigenvalue weighted by Crippen LogP contribution is -2.38. The molecule has 2 unspecified atom stereocenters. The van der Waals surface area contributed by atoms with Crippen molar-refractivity contribution in [2.45, 2.75) is 44.4 Å². The average Bonchev–Trinajstić information content (AvgIpc) is 3.05. The molecule has 0 bridgehead atoms. The van der Waals surface area contributed by atoms with Crippen LogP contribution in [0.4, 0.5) is 4.79 Å². The summed E-state index contributed by atoms with van der Waals surface area (Å²) in [6.45, 7) is 1.73. The number of aliphatic hydroxyl groups excluding tert-OH is 1. The van der Waals surface area contributed by atoms with Gasteiger partial charge in [0.25, 0.3) is 0 Å². The molecule has 122 valence electrons.